The van der Waals surface area contributed by atoms with Crippen molar-refractivity contribution in [2.24, 2.45) is 0 Å². The van der Waals surface area contributed by atoms with Gasteiger partial charge in [-0.05, 0) is 37.6 Å². The first kappa shape index (κ1) is 9.98. The standard InChI is InChI=1S/C11H13N3S/c1-7-5-9(12)3-4-10(7)14-11-13-6-8(2)15-11/h3-6H,12H2,1-2H3,(H,13,14). The molecule has 0 aliphatic rings. The monoisotopic (exact) mass is 219 g/mol. The van der Waals surface area contributed by atoms with Crippen molar-refractivity contribution >= 4 is 27.8 Å². The van der Waals surface area contributed by atoms with Gasteiger partial charge in [0.1, 0.15) is 0 Å². The molecule has 0 atom stereocenters. The number of aromatic nitrogens is 1. The Morgan fingerprint density at radius 1 is 1.33 bits per heavy atom. The van der Waals surface area contributed by atoms with E-state index in [1.807, 2.05) is 38.2 Å². The van der Waals surface area contributed by atoms with E-state index >= 15 is 0 Å². The van der Waals surface area contributed by atoms with Crippen molar-refractivity contribution in [2.45, 2.75) is 13.8 Å². The van der Waals surface area contributed by atoms with Crippen LogP contribution in [0.3, 0.4) is 0 Å². The molecule has 3 nitrogen and oxygen atoms in total. The highest BCUT2D eigenvalue weighted by Gasteiger charge is 2.02. The molecule has 15 heavy (non-hydrogen) atoms. The van der Waals surface area contributed by atoms with Gasteiger partial charge in [0.15, 0.2) is 5.13 Å². The summed E-state index contributed by atoms with van der Waals surface area (Å²) in [6.07, 6.45) is 1.86. The molecule has 0 fully saturated rings. The third-order valence-electron chi connectivity index (χ3n) is 2.11. The molecule has 0 saturated carbocycles. The van der Waals surface area contributed by atoms with Gasteiger partial charge in [-0.15, -0.1) is 11.3 Å². The first-order valence-electron chi connectivity index (χ1n) is 4.71. The molecule has 0 amide bonds. The van der Waals surface area contributed by atoms with Crippen molar-refractivity contribution in [2.75, 3.05) is 11.1 Å². The minimum Gasteiger partial charge on any atom is -0.399 e. The van der Waals surface area contributed by atoms with Crippen LogP contribution >= 0.6 is 11.3 Å². The van der Waals surface area contributed by atoms with Gasteiger partial charge in [-0.25, -0.2) is 4.98 Å². The Morgan fingerprint density at radius 3 is 2.73 bits per heavy atom. The van der Waals surface area contributed by atoms with E-state index in [1.165, 1.54) is 4.88 Å². The fraction of sp³-hybridized carbons (Fsp3) is 0.182. The van der Waals surface area contributed by atoms with E-state index < -0.39 is 0 Å². The number of nitrogens with two attached hydrogens (primary N) is 1. The highest BCUT2D eigenvalue weighted by Crippen LogP contribution is 2.25. The van der Waals surface area contributed by atoms with Gasteiger partial charge < -0.3 is 11.1 Å². The lowest BCUT2D eigenvalue weighted by Gasteiger charge is -2.06. The van der Waals surface area contributed by atoms with Gasteiger partial charge in [-0.1, -0.05) is 0 Å². The Labute approximate surface area is 93.0 Å². The third kappa shape index (κ3) is 2.27. The molecule has 1 heterocycles. The molecule has 2 rings (SSSR count). The second-order valence-corrected chi connectivity index (χ2v) is 4.71. The van der Waals surface area contributed by atoms with Gasteiger partial charge in [-0.2, -0.15) is 0 Å². The van der Waals surface area contributed by atoms with Crippen molar-refractivity contribution < 1.29 is 0 Å². The van der Waals surface area contributed by atoms with Crippen LogP contribution in [0.4, 0.5) is 16.5 Å². The second-order valence-electron chi connectivity index (χ2n) is 3.48. The zero-order valence-corrected chi connectivity index (χ0v) is 9.56. The van der Waals surface area contributed by atoms with Crippen LogP contribution < -0.4 is 11.1 Å². The van der Waals surface area contributed by atoms with E-state index in [2.05, 4.69) is 10.3 Å². The van der Waals surface area contributed by atoms with E-state index in [-0.39, 0.29) is 0 Å². The second kappa shape index (κ2) is 3.90. The average molecular weight is 219 g/mol. The number of nitrogens with one attached hydrogen (secondary N) is 1. The summed E-state index contributed by atoms with van der Waals surface area (Å²) in [4.78, 5) is 5.45. The Balaban J connectivity index is 2.24. The van der Waals surface area contributed by atoms with Crippen LogP contribution in [0.5, 0.6) is 0 Å². The number of benzene rings is 1. The molecule has 0 bridgehead atoms. The molecule has 3 N–H and O–H groups in total. The number of aryl methyl sites for hydroxylation is 2. The van der Waals surface area contributed by atoms with Crippen LogP contribution in [0.1, 0.15) is 10.4 Å². The Kier molecular flexibility index (Phi) is 2.60. The van der Waals surface area contributed by atoms with E-state index in [1.54, 1.807) is 11.3 Å². The van der Waals surface area contributed by atoms with Gasteiger partial charge >= 0.3 is 0 Å². The number of hydrogen-bond donors (Lipinski definition) is 2. The smallest absolute Gasteiger partial charge is 0.187 e. The van der Waals surface area contributed by atoms with Crippen molar-refractivity contribution in [3.05, 3.63) is 34.8 Å². The topological polar surface area (TPSA) is 50.9 Å². The molecule has 0 spiro atoms. The van der Waals surface area contributed by atoms with Gasteiger partial charge in [0.2, 0.25) is 0 Å². The minimum absolute atomic E-state index is 0.786. The van der Waals surface area contributed by atoms with Gasteiger partial charge in [-0.3, -0.25) is 0 Å². The van der Waals surface area contributed by atoms with Crippen molar-refractivity contribution in [1.29, 1.82) is 0 Å². The van der Waals surface area contributed by atoms with Gasteiger partial charge in [0, 0.05) is 22.4 Å². The summed E-state index contributed by atoms with van der Waals surface area (Å²) in [5.74, 6) is 0. The van der Waals surface area contributed by atoms with Crippen molar-refractivity contribution in [1.82, 2.24) is 4.98 Å². The molecule has 0 saturated heterocycles. The zero-order chi connectivity index (χ0) is 10.8. The number of thiazole rings is 1. The Bertz CT molecular complexity index is 476. The Hall–Kier alpha value is -1.55. The maximum absolute atomic E-state index is 5.68. The molecule has 2 aromatic rings. The van der Waals surface area contributed by atoms with E-state index in [4.69, 9.17) is 5.73 Å². The van der Waals surface area contributed by atoms with Gasteiger partial charge in [0.05, 0.1) is 0 Å². The molecule has 1 aromatic heterocycles. The largest absolute Gasteiger partial charge is 0.399 e. The van der Waals surface area contributed by atoms with Crippen LogP contribution in [0.25, 0.3) is 0 Å². The molecule has 0 aliphatic heterocycles. The van der Waals surface area contributed by atoms with Crippen LogP contribution in [-0.2, 0) is 0 Å². The fourth-order valence-electron chi connectivity index (χ4n) is 1.35. The van der Waals surface area contributed by atoms with Crippen LogP contribution in [0, 0.1) is 13.8 Å². The predicted molar refractivity (Wildman–Crippen MR) is 65.7 cm³/mol. The highest BCUT2D eigenvalue weighted by molar-refractivity contribution is 7.15. The third-order valence-corrected chi connectivity index (χ3v) is 2.94. The lowest BCUT2D eigenvalue weighted by molar-refractivity contribution is 1.35. The molecular weight excluding hydrogens is 206 g/mol. The first-order valence-corrected chi connectivity index (χ1v) is 5.52. The average Bonchev–Trinajstić information content (AvgIpc) is 2.56. The molecule has 0 radical (unpaired) electrons. The van der Waals surface area contributed by atoms with Crippen LogP contribution in [0.15, 0.2) is 24.4 Å². The quantitative estimate of drug-likeness (QED) is 0.763. The normalized spacial score (nSPS) is 10.3. The molecule has 78 valence electrons. The van der Waals surface area contributed by atoms with Crippen LogP contribution in [-0.4, -0.2) is 4.98 Å². The predicted octanol–water partition coefficient (Wildman–Crippen LogP) is 3.09. The molecule has 4 heteroatoms. The lowest BCUT2D eigenvalue weighted by Crippen LogP contribution is -1.93. The molecule has 1 aromatic carbocycles. The fourth-order valence-corrected chi connectivity index (χ4v) is 2.03. The SMILES string of the molecule is Cc1cnc(Nc2ccc(N)cc2C)s1. The number of anilines is 3. The summed E-state index contributed by atoms with van der Waals surface area (Å²) in [5.41, 5.74) is 8.65. The lowest BCUT2D eigenvalue weighted by atomic mass is 10.2. The summed E-state index contributed by atoms with van der Waals surface area (Å²) < 4.78 is 0. The highest BCUT2D eigenvalue weighted by atomic mass is 32.1. The summed E-state index contributed by atoms with van der Waals surface area (Å²) in [6, 6.07) is 5.81. The number of nitrogen functional groups attached to an aromatic ring is 1. The minimum atomic E-state index is 0.786. The number of hydrogen-bond acceptors (Lipinski definition) is 4. The van der Waals surface area contributed by atoms with Crippen molar-refractivity contribution in [3.8, 4) is 0 Å². The van der Waals surface area contributed by atoms with E-state index in [0.29, 0.717) is 0 Å². The molecular formula is C11H13N3S. The summed E-state index contributed by atoms with van der Waals surface area (Å²) in [6.45, 7) is 4.07. The number of nitrogens with zero attached hydrogens (tertiary/aromatic N) is 1. The molecule has 0 aliphatic carbocycles. The number of rotatable bonds is 2. The summed E-state index contributed by atoms with van der Waals surface area (Å²) in [7, 11) is 0. The maximum atomic E-state index is 5.68. The first-order chi connectivity index (χ1) is 7.15. The summed E-state index contributed by atoms with van der Waals surface area (Å²) in [5, 5.41) is 4.19. The summed E-state index contributed by atoms with van der Waals surface area (Å²) >= 11 is 1.64. The van der Waals surface area contributed by atoms with Crippen molar-refractivity contribution in [3.63, 3.8) is 0 Å². The zero-order valence-electron chi connectivity index (χ0n) is 8.74. The molecule has 0 unspecified atom stereocenters. The maximum Gasteiger partial charge on any atom is 0.187 e. The van der Waals surface area contributed by atoms with Crippen LogP contribution in [0.2, 0.25) is 0 Å². The van der Waals surface area contributed by atoms with E-state index in [9.17, 15) is 0 Å². The Morgan fingerprint density at radius 2 is 2.13 bits per heavy atom. The van der Waals surface area contributed by atoms with E-state index in [0.717, 1.165) is 22.1 Å². The van der Waals surface area contributed by atoms with Gasteiger partial charge in [0.25, 0.3) is 0 Å².